The summed E-state index contributed by atoms with van der Waals surface area (Å²) in [5.74, 6) is 0.303. The number of aromatic nitrogens is 2. The van der Waals surface area contributed by atoms with E-state index in [1.165, 1.54) is 12.5 Å². The van der Waals surface area contributed by atoms with Crippen molar-refractivity contribution >= 4 is 16.7 Å². The van der Waals surface area contributed by atoms with Crippen LogP contribution in [0.1, 0.15) is 55.2 Å². The number of hydrogen-bond donors (Lipinski definition) is 0. The molecular formula is C33H33IrN3O-2. The van der Waals surface area contributed by atoms with Crippen LogP contribution in [0, 0.1) is 24.0 Å². The van der Waals surface area contributed by atoms with Gasteiger partial charge in [0.25, 0.3) is 0 Å². The van der Waals surface area contributed by atoms with Crippen LogP contribution in [-0.4, -0.2) is 15.7 Å². The standard InChI is InChI=1S/C19H17N2O.C14H16N.Ir/c1-14(2)15-7-8-18(21-12-15)17-6-4-3-5-16-11-20-10-9-19(16)22-13-17;1-11(2)13-8-9-15-14(10-13)12-6-4-3-5-7-12;/h3-5,7-14H,1-2H3;3-6,8-9,11,13H,10H2,1-2H3;/q2*-1;/i7D,8D,14D;;. The van der Waals surface area contributed by atoms with Gasteiger partial charge in [-0.2, -0.15) is 0 Å². The van der Waals surface area contributed by atoms with Crippen LogP contribution < -0.4 is 0 Å². The van der Waals surface area contributed by atoms with Gasteiger partial charge in [-0.3, -0.25) is 4.98 Å². The Balaban J connectivity index is 0.000000248. The predicted octanol–water partition coefficient (Wildman–Crippen LogP) is 8.40. The van der Waals surface area contributed by atoms with Gasteiger partial charge in [-0.15, -0.1) is 54.1 Å². The summed E-state index contributed by atoms with van der Waals surface area (Å²) < 4.78 is 30.2. The van der Waals surface area contributed by atoms with Crippen molar-refractivity contribution in [2.75, 3.05) is 0 Å². The minimum Gasteiger partial charge on any atom is -0.508 e. The van der Waals surface area contributed by atoms with Crippen LogP contribution in [0.25, 0.3) is 22.2 Å². The molecule has 0 fully saturated rings. The molecule has 0 N–H and O–H groups in total. The summed E-state index contributed by atoms with van der Waals surface area (Å²) in [6, 6.07) is 21.4. The van der Waals surface area contributed by atoms with Crippen molar-refractivity contribution in [3.63, 3.8) is 0 Å². The molecule has 5 rings (SSSR count). The number of allylic oxidation sites excluding steroid dienone is 1. The Morgan fingerprint density at radius 2 is 1.82 bits per heavy atom. The van der Waals surface area contributed by atoms with Gasteiger partial charge in [0.15, 0.2) is 0 Å². The summed E-state index contributed by atoms with van der Waals surface area (Å²) in [6.07, 6.45) is 11.4. The Hall–Kier alpha value is -3.40. The Labute approximate surface area is 243 Å². The third kappa shape index (κ3) is 8.05. The van der Waals surface area contributed by atoms with Crippen LogP contribution in [0.4, 0.5) is 0 Å². The molecule has 0 saturated carbocycles. The summed E-state index contributed by atoms with van der Waals surface area (Å²) in [4.78, 5) is 12.8. The number of nitrogens with zero attached hydrogens (tertiary/aromatic N) is 3. The first-order chi connectivity index (χ1) is 19.1. The van der Waals surface area contributed by atoms with E-state index in [9.17, 15) is 0 Å². The van der Waals surface area contributed by atoms with Crippen molar-refractivity contribution in [1.29, 1.82) is 0 Å². The van der Waals surface area contributed by atoms with E-state index in [-0.39, 0.29) is 32.2 Å². The van der Waals surface area contributed by atoms with Gasteiger partial charge in [0, 0.05) is 57.9 Å². The molecule has 0 spiro atoms. The number of benzene rings is 1. The minimum absolute atomic E-state index is 0. The largest absolute Gasteiger partial charge is 0.508 e. The molecule has 4 aromatic rings. The fraction of sp³-hybridized carbons (Fsp3) is 0.242. The maximum absolute atomic E-state index is 8.27. The van der Waals surface area contributed by atoms with Crippen LogP contribution in [0.2, 0.25) is 0 Å². The van der Waals surface area contributed by atoms with Crippen LogP contribution in [0.15, 0.2) is 107 Å². The molecule has 3 aromatic heterocycles. The van der Waals surface area contributed by atoms with Crippen LogP contribution in [-0.2, 0) is 20.1 Å². The zero-order chi connectivity index (χ0) is 28.7. The van der Waals surface area contributed by atoms with Gasteiger partial charge < -0.3 is 14.4 Å². The summed E-state index contributed by atoms with van der Waals surface area (Å²) in [7, 11) is 0. The molecule has 5 heteroatoms. The summed E-state index contributed by atoms with van der Waals surface area (Å²) >= 11 is 0. The fourth-order valence-electron chi connectivity index (χ4n) is 3.71. The minimum atomic E-state index is -0.990. The summed E-state index contributed by atoms with van der Waals surface area (Å²) in [5, 5.41) is 0.824. The average molecular weight is 683 g/mol. The summed E-state index contributed by atoms with van der Waals surface area (Å²) in [5.41, 5.74) is 4.08. The summed E-state index contributed by atoms with van der Waals surface area (Å²) in [6.45, 7) is 7.86. The average Bonchev–Trinajstić information content (AvgIpc) is 3.05. The zero-order valence-electron chi connectivity index (χ0n) is 25.0. The van der Waals surface area contributed by atoms with Crippen molar-refractivity contribution in [2.45, 2.75) is 40.0 Å². The van der Waals surface area contributed by atoms with E-state index in [1.54, 1.807) is 44.4 Å². The molecule has 1 unspecified atom stereocenters. The molecule has 0 saturated heterocycles. The number of rotatable bonds is 4. The normalized spacial score (nSPS) is 15.7. The van der Waals surface area contributed by atoms with E-state index in [1.807, 2.05) is 30.5 Å². The van der Waals surface area contributed by atoms with E-state index in [4.69, 9.17) is 8.53 Å². The van der Waals surface area contributed by atoms with E-state index in [0.717, 1.165) is 23.1 Å². The molecule has 1 radical (unpaired) electrons. The van der Waals surface area contributed by atoms with E-state index >= 15 is 0 Å². The van der Waals surface area contributed by atoms with Gasteiger partial charge >= 0.3 is 0 Å². The molecule has 197 valence electrons. The van der Waals surface area contributed by atoms with Gasteiger partial charge in [-0.1, -0.05) is 57.5 Å². The molecule has 1 aromatic carbocycles. The van der Waals surface area contributed by atoms with E-state index in [0.29, 0.717) is 34.2 Å². The second kappa shape index (κ2) is 14.5. The van der Waals surface area contributed by atoms with Crippen LogP contribution in [0.3, 0.4) is 0 Å². The van der Waals surface area contributed by atoms with Crippen molar-refractivity contribution in [2.24, 2.45) is 16.8 Å². The second-order valence-corrected chi connectivity index (χ2v) is 9.31. The third-order valence-electron chi connectivity index (χ3n) is 6.03. The Bertz CT molecular complexity index is 1580. The molecule has 1 atom stereocenters. The van der Waals surface area contributed by atoms with Crippen LogP contribution >= 0.6 is 0 Å². The predicted molar refractivity (Wildman–Crippen MR) is 152 cm³/mol. The van der Waals surface area contributed by atoms with Crippen molar-refractivity contribution < 1.29 is 28.6 Å². The molecule has 0 bridgehead atoms. The quantitative estimate of drug-likeness (QED) is 0.203. The maximum Gasteiger partial charge on any atom is 0.123 e. The molecule has 38 heavy (non-hydrogen) atoms. The van der Waals surface area contributed by atoms with Crippen molar-refractivity contribution in [1.82, 2.24) is 9.97 Å². The molecule has 4 heterocycles. The van der Waals surface area contributed by atoms with Crippen molar-refractivity contribution in [3.8, 4) is 11.3 Å². The van der Waals surface area contributed by atoms with E-state index in [2.05, 4.69) is 53.1 Å². The number of pyridine rings is 2. The Morgan fingerprint density at radius 1 is 1.00 bits per heavy atom. The van der Waals surface area contributed by atoms with Crippen LogP contribution in [0.5, 0.6) is 0 Å². The maximum atomic E-state index is 8.27. The zero-order valence-corrected chi connectivity index (χ0v) is 24.4. The Kier molecular flexibility index (Phi) is 9.51. The fourth-order valence-corrected chi connectivity index (χ4v) is 3.71. The molecule has 4 nitrogen and oxygen atoms in total. The van der Waals surface area contributed by atoms with Crippen molar-refractivity contribution in [3.05, 3.63) is 121 Å². The molecule has 0 amide bonds. The van der Waals surface area contributed by atoms with Gasteiger partial charge in [0.2, 0.25) is 0 Å². The first-order valence-corrected chi connectivity index (χ1v) is 12.4. The second-order valence-electron chi connectivity index (χ2n) is 9.31. The number of fused-ring (bicyclic) bond motifs is 1. The topological polar surface area (TPSA) is 51.3 Å². The number of aliphatic imine (C=N–C) groups is 1. The van der Waals surface area contributed by atoms with Gasteiger partial charge in [-0.25, -0.2) is 0 Å². The molecule has 1 aliphatic heterocycles. The molecule has 1 aliphatic rings. The Morgan fingerprint density at radius 3 is 2.58 bits per heavy atom. The first kappa shape index (κ1) is 24.9. The number of hydrogen-bond acceptors (Lipinski definition) is 4. The smallest absolute Gasteiger partial charge is 0.123 e. The monoisotopic (exact) mass is 683 g/mol. The van der Waals surface area contributed by atoms with E-state index < -0.39 is 5.89 Å². The SMILES string of the molecule is CC(C)C1C=CN=C(c2[c-]cccc2)C1.[2H]c1c(C([2H])(C)C)cnc(-c2[c-]cccc3cnccc3oc2)c1[2H].[Ir]. The first-order valence-electron chi connectivity index (χ1n) is 13.9. The van der Waals surface area contributed by atoms with Gasteiger partial charge in [0.1, 0.15) is 5.58 Å². The molecular weight excluding hydrogens is 647 g/mol. The van der Waals surface area contributed by atoms with Gasteiger partial charge in [0.05, 0.1) is 2.74 Å². The van der Waals surface area contributed by atoms with Gasteiger partial charge in [-0.05, 0) is 47.2 Å². The molecule has 0 aliphatic carbocycles. The third-order valence-corrected chi connectivity index (χ3v) is 6.03.